The van der Waals surface area contributed by atoms with Crippen LogP contribution in [-0.4, -0.2) is 15.8 Å². The number of benzene rings is 2. The normalized spacial score (nSPS) is 14.8. The van der Waals surface area contributed by atoms with Crippen LogP contribution in [0.1, 0.15) is 15.9 Å². The summed E-state index contributed by atoms with van der Waals surface area (Å²) >= 11 is 5.83. The fourth-order valence-corrected chi connectivity index (χ4v) is 2.34. The van der Waals surface area contributed by atoms with Crippen LogP contribution >= 0.6 is 11.6 Å². The van der Waals surface area contributed by atoms with Crippen molar-refractivity contribution in [1.29, 1.82) is 0 Å². The molecule has 0 unspecified atom stereocenters. The molecule has 0 atom stereocenters. The first kappa shape index (κ1) is 14.1. The first-order valence-corrected chi connectivity index (χ1v) is 6.55. The van der Waals surface area contributed by atoms with Gasteiger partial charge >= 0.3 is 5.69 Å². The van der Waals surface area contributed by atoms with Crippen molar-refractivity contribution in [3.05, 3.63) is 68.4 Å². The molecule has 0 amide bonds. The van der Waals surface area contributed by atoms with Crippen molar-refractivity contribution in [2.75, 3.05) is 0 Å². The lowest BCUT2D eigenvalue weighted by Gasteiger charge is -2.01. The van der Waals surface area contributed by atoms with Gasteiger partial charge in [0, 0.05) is 5.02 Å². The number of halogens is 1. The molecule has 0 aliphatic carbocycles. The van der Waals surface area contributed by atoms with E-state index in [9.17, 15) is 20.0 Å². The Hall–Kier alpha value is -2.86. The molecule has 0 aromatic heterocycles. The van der Waals surface area contributed by atoms with E-state index >= 15 is 0 Å². The summed E-state index contributed by atoms with van der Waals surface area (Å²) in [7, 11) is 0. The van der Waals surface area contributed by atoms with E-state index in [-0.39, 0.29) is 11.3 Å². The van der Waals surface area contributed by atoms with Gasteiger partial charge in [-0.1, -0.05) is 17.7 Å². The fourth-order valence-electron chi connectivity index (χ4n) is 2.17. The number of ether oxygens (including phenoxy) is 1. The number of fused-ring (bicyclic) bond motifs is 1. The second kappa shape index (κ2) is 5.16. The number of allylic oxidation sites excluding steroid dienone is 1. The van der Waals surface area contributed by atoms with Crippen molar-refractivity contribution in [2.45, 2.75) is 0 Å². The lowest BCUT2D eigenvalue weighted by molar-refractivity contribution is -0.386. The number of nitrogens with zero attached hydrogens (tertiary/aromatic N) is 1. The lowest BCUT2D eigenvalue weighted by Crippen LogP contribution is -1.99. The molecule has 2 aromatic carbocycles. The SMILES string of the molecule is O=C1/C(=C/c2cccc(O)c2[N+](=O)[O-])Oc2ccc(Cl)cc21. The van der Waals surface area contributed by atoms with E-state index in [1.165, 1.54) is 30.3 Å². The van der Waals surface area contributed by atoms with Crippen LogP contribution in [0.4, 0.5) is 5.69 Å². The molecule has 0 saturated carbocycles. The average molecular weight is 318 g/mol. The molecule has 0 spiro atoms. The Kier molecular flexibility index (Phi) is 3.30. The van der Waals surface area contributed by atoms with Crippen molar-refractivity contribution in [1.82, 2.24) is 0 Å². The molecule has 1 heterocycles. The van der Waals surface area contributed by atoms with Crippen molar-refractivity contribution in [3.63, 3.8) is 0 Å². The highest BCUT2D eigenvalue weighted by atomic mass is 35.5. The third-order valence-electron chi connectivity index (χ3n) is 3.15. The monoisotopic (exact) mass is 317 g/mol. The first-order valence-electron chi connectivity index (χ1n) is 6.17. The second-order valence-electron chi connectivity index (χ2n) is 4.55. The number of carbonyl (C=O) groups excluding carboxylic acids is 1. The number of ketones is 1. The molecule has 2 aromatic rings. The Bertz CT molecular complexity index is 844. The minimum atomic E-state index is -0.717. The maximum atomic E-state index is 12.2. The average Bonchev–Trinajstić information content (AvgIpc) is 2.75. The predicted molar refractivity (Wildman–Crippen MR) is 79.1 cm³/mol. The van der Waals surface area contributed by atoms with Crippen LogP contribution in [0.2, 0.25) is 5.02 Å². The smallest absolute Gasteiger partial charge is 0.317 e. The zero-order valence-corrected chi connectivity index (χ0v) is 11.7. The summed E-state index contributed by atoms with van der Waals surface area (Å²) < 4.78 is 5.40. The molecule has 0 bridgehead atoms. The molecule has 1 N–H and O–H groups in total. The molecule has 0 fully saturated rings. The maximum absolute atomic E-state index is 12.2. The zero-order chi connectivity index (χ0) is 15.9. The fraction of sp³-hybridized carbons (Fsp3) is 0. The Morgan fingerprint density at radius 2 is 2.05 bits per heavy atom. The molecule has 6 nitrogen and oxygen atoms in total. The van der Waals surface area contributed by atoms with E-state index in [0.717, 1.165) is 0 Å². The quantitative estimate of drug-likeness (QED) is 0.519. The van der Waals surface area contributed by atoms with Gasteiger partial charge in [-0.25, -0.2) is 0 Å². The number of phenolic OH excluding ortho intramolecular Hbond substituents is 1. The van der Waals surface area contributed by atoms with E-state index in [1.54, 1.807) is 12.1 Å². The lowest BCUT2D eigenvalue weighted by atomic mass is 10.1. The summed E-state index contributed by atoms with van der Waals surface area (Å²) in [6.07, 6.45) is 1.23. The molecule has 3 rings (SSSR count). The number of nitro groups is 1. The van der Waals surface area contributed by atoms with Crippen LogP contribution < -0.4 is 4.74 Å². The number of carbonyl (C=O) groups is 1. The summed E-state index contributed by atoms with van der Waals surface area (Å²) in [6.45, 7) is 0. The highest BCUT2D eigenvalue weighted by Crippen LogP contribution is 2.36. The second-order valence-corrected chi connectivity index (χ2v) is 4.99. The van der Waals surface area contributed by atoms with Crippen molar-refractivity contribution in [3.8, 4) is 11.5 Å². The van der Waals surface area contributed by atoms with Gasteiger partial charge in [0.15, 0.2) is 11.5 Å². The number of nitro benzene ring substituents is 1. The van der Waals surface area contributed by atoms with E-state index in [4.69, 9.17) is 16.3 Å². The summed E-state index contributed by atoms with van der Waals surface area (Å²) in [6, 6.07) is 8.65. The molecule has 0 radical (unpaired) electrons. The molecule has 110 valence electrons. The van der Waals surface area contributed by atoms with Crippen LogP contribution in [0, 0.1) is 10.1 Å². The third kappa shape index (κ3) is 2.29. The van der Waals surface area contributed by atoms with Gasteiger partial charge in [-0.3, -0.25) is 14.9 Å². The van der Waals surface area contributed by atoms with Gasteiger partial charge in [-0.15, -0.1) is 0 Å². The predicted octanol–water partition coefficient (Wildman–Crippen LogP) is 3.57. The van der Waals surface area contributed by atoms with E-state index < -0.39 is 22.1 Å². The number of hydrogen-bond donors (Lipinski definition) is 1. The summed E-state index contributed by atoms with van der Waals surface area (Å²) in [5, 5.41) is 21.0. The number of hydrogen-bond acceptors (Lipinski definition) is 5. The number of phenols is 1. The van der Waals surface area contributed by atoms with Crippen LogP contribution in [0.25, 0.3) is 6.08 Å². The van der Waals surface area contributed by atoms with Gasteiger partial charge < -0.3 is 9.84 Å². The number of para-hydroxylation sites is 1. The summed E-state index contributed by atoms with van der Waals surface area (Å²) in [5.74, 6) is -0.630. The van der Waals surface area contributed by atoms with Crippen LogP contribution in [0.5, 0.6) is 11.5 Å². The molecule has 0 saturated heterocycles. The molecule has 1 aliphatic rings. The Morgan fingerprint density at radius 1 is 1.27 bits per heavy atom. The minimum Gasteiger partial charge on any atom is -0.502 e. The Labute approximate surface area is 129 Å². The maximum Gasteiger partial charge on any atom is 0.317 e. The first-order chi connectivity index (χ1) is 10.5. The van der Waals surface area contributed by atoms with Gasteiger partial charge in [0.2, 0.25) is 5.78 Å². The van der Waals surface area contributed by atoms with Gasteiger partial charge in [-0.2, -0.15) is 0 Å². The summed E-state index contributed by atoms with van der Waals surface area (Å²) in [4.78, 5) is 22.6. The Balaban J connectivity index is 2.08. The highest BCUT2D eigenvalue weighted by Gasteiger charge is 2.29. The topological polar surface area (TPSA) is 89.7 Å². The highest BCUT2D eigenvalue weighted by molar-refractivity contribution is 6.31. The van der Waals surface area contributed by atoms with E-state index in [0.29, 0.717) is 16.3 Å². The van der Waals surface area contributed by atoms with Crippen molar-refractivity contribution < 1.29 is 19.6 Å². The standard InChI is InChI=1S/C15H8ClNO5/c16-9-4-5-12-10(7-9)15(19)13(22-12)6-8-2-1-3-11(18)14(8)17(20)21/h1-7,18H/b13-6-. The van der Waals surface area contributed by atoms with Gasteiger partial charge in [-0.05, 0) is 36.4 Å². The van der Waals surface area contributed by atoms with Crippen molar-refractivity contribution in [2.24, 2.45) is 0 Å². The van der Waals surface area contributed by atoms with Gasteiger partial charge in [0.25, 0.3) is 0 Å². The van der Waals surface area contributed by atoms with Crippen molar-refractivity contribution >= 4 is 29.1 Å². The molecule has 1 aliphatic heterocycles. The van der Waals surface area contributed by atoms with Gasteiger partial charge in [0.1, 0.15) is 5.75 Å². The molecule has 7 heteroatoms. The minimum absolute atomic E-state index is 0.0639. The van der Waals surface area contributed by atoms with E-state index in [2.05, 4.69) is 0 Å². The number of rotatable bonds is 2. The van der Waals surface area contributed by atoms with Crippen LogP contribution in [-0.2, 0) is 0 Å². The molecular formula is C15H8ClNO5. The number of Topliss-reactive ketones (excluding diaryl/α,β-unsaturated/α-hetero) is 1. The number of aromatic hydroxyl groups is 1. The zero-order valence-electron chi connectivity index (χ0n) is 10.9. The largest absolute Gasteiger partial charge is 0.502 e. The molecular weight excluding hydrogens is 310 g/mol. The molecule has 22 heavy (non-hydrogen) atoms. The third-order valence-corrected chi connectivity index (χ3v) is 3.38. The van der Waals surface area contributed by atoms with Crippen LogP contribution in [0.3, 0.4) is 0 Å². The van der Waals surface area contributed by atoms with E-state index in [1.807, 2.05) is 0 Å². The Morgan fingerprint density at radius 3 is 2.77 bits per heavy atom. The van der Waals surface area contributed by atoms with Gasteiger partial charge in [0.05, 0.1) is 16.1 Å². The summed E-state index contributed by atoms with van der Waals surface area (Å²) in [5.41, 5.74) is -0.116. The van der Waals surface area contributed by atoms with Crippen LogP contribution in [0.15, 0.2) is 42.2 Å².